The van der Waals surface area contributed by atoms with Gasteiger partial charge in [-0.3, -0.25) is 14.3 Å². The van der Waals surface area contributed by atoms with E-state index >= 15 is 0 Å². The maximum Gasteiger partial charge on any atom is 0.256 e. The summed E-state index contributed by atoms with van der Waals surface area (Å²) in [4.78, 5) is 23.7. The van der Waals surface area contributed by atoms with Gasteiger partial charge in [0.1, 0.15) is 24.1 Å². The van der Waals surface area contributed by atoms with Crippen LogP contribution < -0.4 is 0 Å². The number of para-hydroxylation sites is 1. The van der Waals surface area contributed by atoms with Crippen molar-refractivity contribution in [2.45, 2.75) is 13.0 Å². The minimum Gasteiger partial charge on any atom is -0.441 e. The number of hydrogen-bond acceptors (Lipinski definition) is 6. The molecule has 5 rings (SSSR count). The summed E-state index contributed by atoms with van der Waals surface area (Å²) >= 11 is 0. The molecule has 0 atom stereocenters. The first kappa shape index (κ1) is 16.4. The number of pyridine rings is 1. The van der Waals surface area contributed by atoms with E-state index in [0.717, 1.165) is 22.7 Å². The van der Waals surface area contributed by atoms with Gasteiger partial charge in [-0.15, -0.1) is 10.2 Å². The van der Waals surface area contributed by atoms with Gasteiger partial charge in [0.2, 0.25) is 5.89 Å². The molecule has 8 heteroatoms. The molecule has 4 heterocycles. The predicted octanol–water partition coefficient (Wildman–Crippen LogP) is 2.52. The largest absolute Gasteiger partial charge is 0.441 e. The number of amides is 1. The van der Waals surface area contributed by atoms with E-state index in [2.05, 4.69) is 20.2 Å². The average Bonchev–Trinajstić information content (AvgIpc) is 3.43. The lowest BCUT2D eigenvalue weighted by Crippen LogP contribution is -2.36. The Morgan fingerprint density at radius 2 is 1.93 bits per heavy atom. The van der Waals surface area contributed by atoms with Crippen molar-refractivity contribution in [1.82, 2.24) is 29.6 Å². The molecule has 0 radical (unpaired) electrons. The molecular weight excluding hydrogens is 356 g/mol. The van der Waals surface area contributed by atoms with Gasteiger partial charge in [0, 0.05) is 25.4 Å². The summed E-state index contributed by atoms with van der Waals surface area (Å²) in [5.41, 5.74) is 2.97. The normalized spacial score (nSPS) is 13.4. The number of carbonyl (C=O) groups excluding carboxylic acids is 1. The van der Waals surface area contributed by atoms with E-state index in [4.69, 9.17) is 4.42 Å². The molecule has 0 fully saturated rings. The maximum absolute atomic E-state index is 13.2. The molecule has 0 unspecified atom stereocenters. The fraction of sp³-hybridized carbons (Fsp3) is 0.150. The third kappa shape index (κ3) is 2.84. The second-order valence-electron chi connectivity index (χ2n) is 6.49. The smallest absolute Gasteiger partial charge is 0.256 e. The Morgan fingerprint density at radius 1 is 1.07 bits per heavy atom. The van der Waals surface area contributed by atoms with Crippen molar-refractivity contribution in [3.8, 4) is 17.1 Å². The Labute approximate surface area is 160 Å². The van der Waals surface area contributed by atoms with E-state index in [1.165, 1.54) is 0 Å². The summed E-state index contributed by atoms with van der Waals surface area (Å²) < 4.78 is 7.63. The van der Waals surface area contributed by atoms with E-state index in [1.54, 1.807) is 34.5 Å². The molecule has 28 heavy (non-hydrogen) atoms. The van der Waals surface area contributed by atoms with E-state index in [9.17, 15) is 4.79 Å². The van der Waals surface area contributed by atoms with Crippen LogP contribution >= 0.6 is 0 Å². The lowest BCUT2D eigenvalue weighted by atomic mass is 10.1. The molecule has 0 bridgehead atoms. The Kier molecular flexibility index (Phi) is 3.93. The molecule has 8 nitrogen and oxygen atoms in total. The van der Waals surface area contributed by atoms with E-state index in [1.807, 2.05) is 36.4 Å². The number of hydrogen-bond donors (Lipinski definition) is 0. The van der Waals surface area contributed by atoms with Crippen molar-refractivity contribution in [1.29, 1.82) is 0 Å². The number of fused-ring (bicyclic) bond motifs is 1. The highest BCUT2D eigenvalue weighted by Gasteiger charge is 2.27. The first-order valence-corrected chi connectivity index (χ1v) is 8.92. The predicted molar refractivity (Wildman–Crippen MR) is 99.5 cm³/mol. The van der Waals surface area contributed by atoms with Gasteiger partial charge in [-0.25, -0.2) is 4.98 Å². The molecule has 1 amide bonds. The number of benzene rings is 1. The van der Waals surface area contributed by atoms with Gasteiger partial charge in [-0.05, 0) is 24.3 Å². The maximum atomic E-state index is 13.2. The zero-order valence-corrected chi connectivity index (χ0v) is 14.9. The molecular formula is C20H16N6O2. The Bertz CT molecular complexity index is 1120. The van der Waals surface area contributed by atoms with E-state index < -0.39 is 0 Å². The van der Waals surface area contributed by atoms with Gasteiger partial charge >= 0.3 is 0 Å². The van der Waals surface area contributed by atoms with Crippen LogP contribution in [0.4, 0.5) is 0 Å². The molecule has 1 aliphatic heterocycles. The van der Waals surface area contributed by atoms with Crippen LogP contribution in [-0.2, 0) is 13.0 Å². The second-order valence-corrected chi connectivity index (χ2v) is 6.49. The summed E-state index contributed by atoms with van der Waals surface area (Å²) in [7, 11) is 0. The summed E-state index contributed by atoms with van der Waals surface area (Å²) in [6.07, 6.45) is 7.22. The Hall–Kier alpha value is -3.81. The third-order valence-electron chi connectivity index (χ3n) is 4.75. The highest BCUT2D eigenvalue weighted by Crippen LogP contribution is 2.27. The van der Waals surface area contributed by atoms with Crippen molar-refractivity contribution >= 4 is 5.91 Å². The van der Waals surface area contributed by atoms with Crippen LogP contribution in [0.1, 0.15) is 21.8 Å². The van der Waals surface area contributed by atoms with Gasteiger partial charge in [0.25, 0.3) is 5.91 Å². The molecule has 0 spiro atoms. The van der Waals surface area contributed by atoms with Crippen LogP contribution in [0.25, 0.3) is 17.1 Å². The molecule has 0 N–H and O–H groups in total. The third-order valence-corrected chi connectivity index (χ3v) is 4.75. The summed E-state index contributed by atoms with van der Waals surface area (Å²) in [5.74, 6) is 1.31. The Balaban J connectivity index is 1.43. The van der Waals surface area contributed by atoms with Crippen LogP contribution in [0.3, 0.4) is 0 Å². The minimum absolute atomic E-state index is 0.0547. The highest BCUT2D eigenvalue weighted by molar-refractivity contribution is 5.97. The minimum atomic E-state index is -0.0547. The van der Waals surface area contributed by atoms with E-state index in [0.29, 0.717) is 31.0 Å². The van der Waals surface area contributed by atoms with Crippen LogP contribution in [0.5, 0.6) is 0 Å². The van der Waals surface area contributed by atoms with Gasteiger partial charge in [-0.2, -0.15) is 0 Å². The average molecular weight is 372 g/mol. The van der Waals surface area contributed by atoms with Crippen LogP contribution in [-0.4, -0.2) is 42.1 Å². The van der Waals surface area contributed by atoms with Gasteiger partial charge < -0.3 is 9.32 Å². The molecule has 0 saturated carbocycles. The standard InChI is InChI=1S/C20H16N6O2/c27-20(15-5-1-2-6-17(15)26-12-22-23-13-26)25-9-7-18-16(11-25)24-19(28-18)14-4-3-8-21-10-14/h1-6,8,10,12-13H,7,9,11H2. The van der Waals surface area contributed by atoms with Crippen molar-refractivity contribution in [2.24, 2.45) is 0 Å². The van der Waals surface area contributed by atoms with Crippen molar-refractivity contribution < 1.29 is 9.21 Å². The highest BCUT2D eigenvalue weighted by atomic mass is 16.4. The number of aromatic nitrogens is 5. The molecule has 138 valence electrons. The zero-order chi connectivity index (χ0) is 18.9. The van der Waals surface area contributed by atoms with Gasteiger partial charge in [-0.1, -0.05) is 12.1 Å². The van der Waals surface area contributed by atoms with Crippen molar-refractivity contribution in [3.05, 3.63) is 78.5 Å². The van der Waals surface area contributed by atoms with Crippen molar-refractivity contribution in [2.75, 3.05) is 6.54 Å². The molecule has 0 aliphatic carbocycles. The fourth-order valence-corrected chi connectivity index (χ4v) is 3.36. The molecule has 1 aliphatic rings. The molecule has 3 aromatic heterocycles. The topological polar surface area (TPSA) is 89.9 Å². The number of nitrogens with zero attached hydrogens (tertiary/aromatic N) is 6. The van der Waals surface area contributed by atoms with E-state index in [-0.39, 0.29) is 5.91 Å². The lowest BCUT2D eigenvalue weighted by molar-refractivity contribution is 0.0728. The lowest BCUT2D eigenvalue weighted by Gasteiger charge is -2.26. The number of oxazole rings is 1. The van der Waals surface area contributed by atoms with Gasteiger partial charge in [0.05, 0.1) is 23.4 Å². The second kappa shape index (κ2) is 6.73. The van der Waals surface area contributed by atoms with Crippen molar-refractivity contribution in [3.63, 3.8) is 0 Å². The summed E-state index contributed by atoms with van der Waals surface area (Å²) in [6, 6.07) is 11.2. The fourth-order valence-electron chi connectivity index (χ4n) is 3.36. The Morgan fingerprint density at radius 3 is 2.75 bits per heavy atom. The molecule has 4 aromatic rings. The number of carbonyl (C=O) groups is 1. The summed E-state index contributed by atoms with van der Waals surface area (Å²) in [6.45, 7) is 0.985. The monoisotopic (exact) mass is 372 g/mol. The van der Waals surface area contributed by atoms with Crippen LogP contribution in [0.15, 0.2) is 65.9 Å². The van der Waals surface area contributed by atoms with Crippen LogP contribution in [0.2, 0.25) is 0 Å². The number of rotatable bonds is 3. The SMILES string of the molecule is O=C(c1ccccc1-n1cnnc1)N1CCc2oc(-c3cccnc3)nc2C1. The quantitative estimate of drug-likeness (QED) is 0.549. The zero-order valence-electron chi connectivity index (χ0n) is 14.9. The summed E-state index contributed by atoms with van der Waals surface area (Å²) in [5, 5.41) is 7.67. The molecule has 0 saturated heterocycles. The van der Waals surface area contributed by atoms with Crippen LogP contribution in [0, 0.1) is 0 Å². The molecule has 1 aromatic carbocycles. The first-order valence-electron chi connectivity index (χ1n) is 8.92. The van der Waals surface area contributed by atoms with Gasteiger partial charge in [0.15, 0.2) is 0 Å². The first-order chi connectivity index (χ1) is 13.8.